The zero-order valence-electron chi connectivity index (χ0n) is 16.6. The first-order valence-electron chi connectivity index (χ1n) is 9.38. The Morgan fingerprint density at radius 1 is 1.19 bits per heavy atom. The highest BCUT2D eigenvalue weighted by Crippen LogP contribution is 2.41. The number of methoxy groups -OCH3 is 1. The highest BCUT2D eigenvalue weighted by Gasteiger charge is 2.44. The van der Waals surface area contributed by atoms with Crippen molar-refractivity contribution < 1.29 is 19.1 Å². The number of aromatic nitrogens is 2. The van der Waals surface area contributed by atoms with E-state index in [-0.39, 0.29) is 23.8 Å². The lowest BCUT2D eigenvalue weighted by atomic mass is 9.69. The van der Waals surface area contributed by atoms with Gasteiger partial charge in [-0.2, -0.15) is 0 Å². The van der Waals surface area contributed by atoms with Crippen LogP contribution in [-0.4, -0.2) is 40.8 Å². The van der Waals surface area contributed by atoms with Crippen LogP contribution in [0.4, 0.5) is 0 Å². The molecule has 0 radical (unpaired) electrons. The van der Waals surface area contributed by atoms with Crippen molar-refractivity contribution in [2.24, 2.45) is 10.8 Å². The first kappa shape index (κ1) is 21.0. The van der Waals surface area contributed by atoms with Gasteiger partial charge in [0.05, 0.1) is 18.7 Å². The van der Waals surface area contributed by atoms with E-state index in [1.165, 1.54) is 25.7 Å². The SMILES string of the molecule is COC(=O)[C@@H](NC(=O)C1(CC(=O)c2cnccn2)CCCCC1)C(C)(C)C. The molecule has 27 heavy (non-hydrogen) atoms. The number of amides is 1. The average molecular weight is 375 g/mol. The molecule has 0 saturated heterocycles. The topological polar surface area (TPSA) is 98.2 Å². The van der Waals surface area contributed by atoms with Gasteiger partial charge in [0.2, 0.25) is 5.91 Å². The van der Waals surface area contributed by atoms with Crippen LogP contribution in [-0.2, 0) is 14.3 Å². The summed E-state index contributed by atoms with van der Waals surface area (Å²) in [5.41, 5.74) is -1.08. The quantitative estimate of drug-likeness (QED) is 0.606. The van der Waals surface area contributed by atoms with Gasteiger partial charge in [-0.25, -0.2) is 9.78 Å². The summed E-state index contributed by atoms with van der Waals surface area (Å²) in [4.78, 5) is 46.2. The van der Waals surface area contributed by atoms with Gasteiger partial charge in [-0.15, -0.1) is 0 Å². The number of nitrogens with zero attached hydrogens (tertiary/aromatic N) is 2. The third-order valence-corrected chi connectivity index (χ3v) is 5.22. The molecule has 0 aliphatic heterocycles. The lowest BCUT2D eigenvalue weighted by molar-refractivity contribution is -0.150. The number of rotatable bonds is 6. The molecule has 1 aromatic heterocycles. The molecule has 1 fully saturated rings. The van der Waals surface area contributed by atoms with Crippen LogP contribution in [0, 0.1) is 10.8 Å². The molecule has 0 aromatic carbocycles. The standard InChI is InChI=1S/C20H29N3O4/c1-19(2,3)16(17(25)27-4)23-18(26)20(8-6-5-7-9-20)12-15(24)14-13-21-10-11-22-14/h10-11,13,16H,5-9,12H2,1-4H3,(H,23,26)/t16-/m1/s1. The molecule has 2 rings (SSSR count). The third kappa shape index (κ3) is 5.11. The molecule has 148 valence electrons. The Morgan fingerprint density at radius 2 is 1.85 bits per heavy atom. The molecule has 1 saturated carbocycles. The number of carbonyl (C=O) groups is 3. The molecule has 0 spiro atoms. The van der Waals surface area contributed by atoms with Crippen LogP contribution in [0.15, 0.2) is 18.6 Å². The van der Waals surface area contributed by atoms with E-state index in [1.54, 1.807) is 0 Å². The smallest absolute Gasteiger partial charge is 0.328 e. The second-order valence-corrected chi connectivity index (χ2v) is 8.33. The number of Topliss-reactive ketones (excluding diaryl/α,β-unsaturated/α-hetero) is 1. The maximum Gasteiger partial charge on any atom is 0.328 e. The average Bonchev–Trinajstić information content (AvgIpc) is 2.65. The summed E-state index contributed by atoms with van der Waals surface area (Å²) in [6.07, 6.45) is 8.47. The second kappa shape index (κ2) is 8.59. The van der Waals surface area contributed by atoms with Crippen LogP contribution in [0.3, 0.4) is 0 Å². The largest absolute Gasteiger partial charge is 0.467 e. The highest BCUT2D eigenvalue weighted by atomic mass is 16.5. The van der Waals surface area contributed by atoms with E-state index in [0.29, 0.717) is 12.8 Å². The van der Waals surface area contributed by atoms with Crippen molar-refractivity contribution in [2.75, 3.05) is 7.11 Å². The molecule has 1 aromatic rings. The third-order valence-electron chi connectivity index (χ3n) is 5.22. The molecular weight excluding hydrogens is 346 g/mol. The van der Waals surface area contributed by atoms with Crippen molar-refractivity contribution in [3.63, 3.8) is 0 Å². The second-order valence-electron chi connectivity index (χ2n) is 8.33. The van der Waals surface area contributed by atoms with Crippen molar-refractivity contribution in [1.82, 2.24) is 15.3 Å². The van der Waals surface area contributed by atoms with E-state index in [4.69, 9.17) is 4.74 Å². The summed E-state index contributed by atoms with van der Waals surface area (Å²) in [6.45, 7) is 5.60. The molecule has 1 N–H and O–H groups in total. The van der Waals surface area contributed by atoms with Gasteiger partial charge in [-0.3, -0.25) is 14.6 Å². The summed E-state index contributed by atoms with van der Waals surface area (Å²) in [7, 11) is 1.31. The molecule has 7 heteroatoms. The van der Waals surface area contributed by atoms with Gasteiger partial charge in [0, 0.05) is 18.8 Å². The molecule has 1 heterocycles. The van der Waals surface area contributed by atoms with Crippen molar-refractivity contribution in [3.05, 3.63) is 24.3 Å². The van der Waals surface area contributed by atoms with Crippen molar-refractivity contribution in [3.8, 4) is 0 Å². The first-order chi connectivity index (χ1) is 12.7. The minimum Gasteiger partial charge on any atom is -0.467 e. The Morgan fingerprint density at radius 3 is 2.37 bits per heavy atom. The maximum absolute atomic E-state index is 13.3. The van der Waals surface area contributed by atoms with Crippen LogP contribution >= 0.6 is 0 Å². The first-order valence-corrected chi connectivity index (χ1v) is 9.38. The number of esters is 1. The van der Waals surface area contributed by atoms with Gasteiger partial charge in [0.1, 0.15) is 11.7 Å². The molecular formula is C20H29N3O4. The van der Waals surface area contributed by atoms with Crippen molar-refractivity contribution in [1.29, 1.82) is 0 Å². The van der Waals surface area contributed by atoms with Crippen molar-refractivity contribution >= 4 is 17.7 Å². The van der Waals surface area contributed by atoms with Crippen LogP contribution in [0.1, 0.15) is 69.8 Å². The molecule has 1 amide bonds. The summed E-state index contributed by atoms with van der Waals surface area (Å²) < 4.78 is 4.87. The molecule has 0 unspecified atom stereocenters. The van der Waals surface area contributed by atoms with Gasteiger partial charge in [-0.05, 0) is 18.3 Å². The van der Waals surface area contributed by atoms with E-state index in [9.17, 15) is 14.4 Å². The number of ether oxygens (including phenoxy) is 1. The van der Waals surface area contributed by atoms with Crippen LogP contribution in [0.25, 0.3) is 0 Å². The highest BCUT2D eigenvalue weighted by molar-refractivity contribution is 5.99. The van der Waals surface area contributed by atoms with Gasteiger partial charge in [0.15, 0.2) is 5.78 Å². The summed E-state index contributed by atoms with van der Waals surface area (Å²) >= 11 is 0. The normalized spacial score (nSPS) is 17.6. The summed E-state index contributed by atoms with van der Waals surface area (Å²) in [5.74, 6) is -0.947. The number of hydrogen-bond donors (Lipinski definition) is 1. The Hall–Kier alpha value is -2.31. The number of hydrogen-bond acceptors (Lipinski definition) is 6. The van der Waals surface area contributed by atoms with Gasteiger partial charge in [-0.1, -0.05) is 40.0 Å². The van der Waals surface area contributed by atoms with Crippen LogP contribution in [0.2, 0.25) is 0 Å². The van der Waals surface area contributed by atoms with E-state index < -0.39 is 22.8 Å². The monoisotopic (exact) mass is 375 g/mol. The van der Waals surface area contributed by atoms with E-state index >= 15 is 0 Å². The lowest BCUT2D eigenvalue weighted by Gasteiger charge is -2.38. The zero-order chi connectivity index (χ0) is 20.1. The van der Waals surface area contributed by atoms with E-state index in [1.807, 2.05) is 20.8 Å². The van der Waals surface area contributed by atoms with Gasteiger partial charge in [0.25, 0.3) is 0 Å². The fraction of sp³-hybridized carbons (Fsp3) is 0.650. The molecule has 7 nitrogen and oxygen atoms in total. The lowest BCUT2D eigenvalue weighted by Crippen LogP contribution is -2.55. The summed E-state index contributed by atoms with van der Waals surface area (Å²) in [6, 6.07) is -0.777. The van der Waals surface area contributed by atoms with Gasteiger partial charge >= 0.3 is 5.97 Å². The van der Waals surface area contributed by atoms with Crippen LogP contribution in [0.5, 0.6) is 0 Å². The maximum atomic E-state index is 13.3. The number of carbonyl (C=O) groups excluding carboxylic acids is 3. The number of nitrogens with one attached hydrogen (secondary N) is 1. The molecule has 0 bridgehead atoms. The minimum absolute atomic E-state index is 0.0650. The minimum atomic E-state index is -0.829. The van der Waals surface area contributed by atoms with Gasteiger partial charge < -0.3 is 10.1 Å². The van der Waals surface area contributed by atoms with Crippen LogP contribution < -0.4 is 5.32 Å². The summed E-state index contributed by atoms with van der Waals surface area (Å²) in [5, 5.41) is 2.87. The van der Waals surface area contributed by atoms with E-state index in [0.717, 1.165) is 19.3 Å². The Balaban J connectivity index is 2.25. The van der Waals surface area contributed by atoms with Crippen molar-refractivity contribution in [2.45, 2.75) is 65.3 Å². The molecule has 1 aliphatic rings. The predicted octanol–water partition coefficient (Wildman–Crippen LogP) is 2.70. The number of ketones is 1. The zero-order valence-corrected chi connectivity index (χ0v) is 16.6. The fourth-order valence-electron chi connectivity index (χ4n) is 3.58. The van der Waals surface area contributed by atoms with E-state index in [2.05, 4.69) is 15.3 Å². The molecule has 1 atom stereocenters. The Labute approximate surface area is 160 Å². The fourth-order valence-corrected chi connectivity index (χ4v) is 3.58. The Bertz CT molecular complexity index is 676. The predicted molar refractivity (Wildman–Crippen MR) is 99.9 cm³/mol. The Kier molecular flexibility index (Phi) is 6.68. The molecule has 1 aliphatic carbocycles.